The van der Waals surface area contributed by atoms with Gasteiger partial charge in [0.2, 0.25) is 0 Å². The van der Waals surface area contributed by atoms with E-state index < -0.39 is 22.2 Å². The van der Waals surface area contributed by atoms with Crippen molar-refractivity contribution in [3.05, 3.63) is 54.2 Å². The predicted octanol–water partition coefficient (Wildman–Crippen LogP) is -0.419. The van der Waals surface area contributed by atoms with Crippen LogP contribution >= 0.6 is 0 Å². The zero-order valence-electron chi connectivity index (χ0n) is 17.7. The lowest BCUT2D eigenvalue weighted by Gasteiger charge is -2.40. The Bertz CT molecular complexity index is 1280. The number of hydrogen-bond acceptors (Lipinski definition) is 7. The third kappa shape index (κ3) is 4.11. The average Bonchev–Trinajstić information content (AvgIpc) is 3.24. The van der Waals surface area contributed by atoms with Gasteiger partial charge in [-0.25, -0.2) is 0 Å². The fraction of sp³-hybridized carbons (Fsp3) is 0.350. The second-order valence-corrected chi connectivity index (χ2v) is 9.38. The molecular formula is C20H24N6O5S. The van der Waals surface area contributed by atoms with Gasteiger partial charge in [-0.05, 0) is 16.7 Å². The lowest BCUT2D eigenvalue weighted by molar-refractivity contribution is -0.766. The first-order valence-corrected chi connectivity index (χ1v) is 11.5. The highest BCUT2D eigenvalue weighted by atomic mass is 32.2. The number of ether oxygens (including phenoxy) is 1. The number of esters is 1. The summed E-state index contributed by atoms with van der Waals surface area (Å²) in [6.45, 7) is 2.19. The van der Waals surface area contributed by atoms with E-state index in [2.05, 4.69) is 5.27 Å². The summed E-state index contributed by atoms with van der Waals surface area (Å²) in [5, 5.41) is 14.6. The summed E-state index contributed by atoms with van der Waals surface area (Å²) in [5.41, 5.74) is -0.188. The molecular weight excluding hydrogens is 436 g/mol. The molecule has 2 aromatic carbocycles. The topological polar surface area (TPSA) is 125 Å². The fourth-order valence-corrected chi connectivity index (χ4v) is 4.94. The van der Waals surface area contributed by atoms with Crippen LogP contribution in [0.25, 0.3) is 10.8 Å². The molecule has 0 aliphatic carbocycles. The second-order valence-electron chi connectivity index (χ2n) is 7.34. The second kappa shape index (κ2) is 8.73. The highest BCUT2D eigenvalue weighted by molar-refractivity contribution is 7.86. The monoisotopic (exact) mass is 460 g/mol. The van der Waals surface area contributed by atoms with E-state index in [1.54, 1.807) is 19.1 Å². The number of benzene rings is 2. The van der Waals surface area contributed by atoms with E-state index in [0.29, 0.717) is 12.3 Å². The molecule has 12 heteroatoms. The molecule has 11 nitrogen and oxygen atoms in total. The zero-order valence-corrected chi connectivity index (χ0v) is 18.5. The zero-order chi connectivity index (χ0) is 22.9. The van der Waals surface area contributed by atoms with Crippen molar-refractivity contribution in [1.82, 2.24) is 13.9 Å². The first-order chi connectivity index (χ1) is 15.3. The van der Waals surface area contributed by atoms with Gasteiger partial charge in [0.1, 0.15) is 11.8 Å². The minimum absolute atomic E-state index is 0.135. The normalized spacial score (nSPS) is 17.7. The van der Waals surface area contributed by atoms with E-state index in [9.17, 15) is 13.2 Å². The van der Waals surface area contributed by atoms with Gasteiger partial charge in [0.25, 0.3) is 22.0 Å². The van der Waals surface area contributed by atoms with Crippen molar-refractivity contribution in [2.24, 2.45) is 0 Å². The Labute approximate surface area is 185 Å². The number of rotatable bonds is 6. The van der Waals surface area contributed by atoms with E-state index in [1.165, 1.54) is 31.7 Å². The molecule has 1 aliphatic rings. The van der Waals surface area contributed by atoms with Gasteiger partial charge >= 0.3 is 5.97 Å². The van der Waals surface area contributed by atoms with Crippen molar-refractivity contribution < 1.29 is 27.3 Å². The molecule has 1 aliphatic heterocycles. The number of carbonyl (C=O) groups is 1. The van der Waals surface area contributed by atoms with Crippen LogP contribution in [-0.2, 0) is 15.0 Å². The van der Waals surface area contributed by atoms with Gasteiger partial charge < -0.3 is 9.26 Å². The molecule has 0 amide bonds. The van der Waals surface area contributed by atoms with Gasteiger partial charge in [0.05, 0.1) is 0 Å². The minimum atomic E-state index is -3.74. The molecule has 1 atom stereocenters. The highest BCUT2D eigenvalue weighted by Gasteiger charge is 2.39. The number of nitrogens with zero attached hydrogens (tertiary/aromatic N) is 5. The molecule has 2 heterocycles. The smallest absolute Gasteiger partial charge is 0.320 e. The van der Waals surface area contributed by atoms with E-state index >= 15 is 0 Å². The third-order valence-corrected chi connectivity index (χ3v) is 7.46. The van der Waals surface area contributed by atoms with Gasteiger partial charge in [0, 0.05) is 38.6 Å². The average molecular weight is 461 g/mol. The molecule has 1 N–H and O–H groups in total. The van der Waals surface area contributed by atoms with Crippen LogP contribution in [0.15, 0.2) is 53.2 Å². The Balaban J connectivity index is 1.66. The molecule has 1 unspecified atom stereocenters. The number of fused-ring (bicyclic) bond motifs is 1. The SMILES string of the molecule is CCN(C)S(=O)(=O)N1CCN([n+]2cc(=N)o[n-]2)C(C(=O)Oc2cccc3ccccc23)C1. The van der Waals surface area contributed by atoms with Crippen LogP contribution in [0.3, 0.4) is 0 Å². The van der Waals surface area contributed by atoms with Crippen LogP contribution in [0.1, 0.15) is 6.92 Å². The molecule has 1 fully saturated rings. The highest BCUT2D eigenvalue weighted by Crippen LogP contribution is 2.26. The molecule has 0 radical (unpaired) electrons. The van der Waals surface area contributed by atoms with Crippen LogP contribution in [0.2, 0.25) is 0 Å². The largest absolute Gasteiger partial charge is 0.426 e. The maximum absolute atomic E-state index is 13.3. The molecule has 0 spiro atoms. The summed E-state index contributed by atoms with van der Waals surface area (Å²) < 4.78 is 38.8. The van der Waals surface area contributed by atoms with Gasteiger partial charge in [-0.15, -0.1) is 0 Å². The Morgan fingerprint density at radius 1 is 1.28 bits per heavy atom. The molecule has 32 heavy (non-hydrogen) atoms. The van der Waals surface area contributed by atoms with E-state index in [0.717, 1.165) is 10.8 Å². The van der Waals surface area contributed by atoms with Crippen molar-refractivity contribution in [2.45, 2.75) is 13.0 Å². The summed E-state index contributed by atoms with van der Waals surface area (Å²) in [5.74, 6) is -0.257. The lowest BCUT2D eigenvalue weighted by Crippen LogP contribution is -2.73. The summed E-state index contributed by atoms with van der Waals surface area (Å²) >= 11 is 0. The molecule has 170 valence electrons. The van der Waals surface area contributed by atoms with E-state index in [-0.39, 0.29) is 25.2 Å². The predicted molar refractivity (Wildman–Crippen MR) is 113 cm³/mol. The van der Waals surface area contributed by atoms with Crippen LogP contribution in [0.5, 0.6) is 5.75 Å². The van der Waals surface area contributed by atoms with E-state index in [1.807, 2.05) is 30.3 Å². The van der Waals surface area contributed by atoms with Gasteiger partial charge in [-0.3, -0.25) is 15.2 Å². The van der Waals surface area contributed by atoms with Crippen molar-refractivity contribution in [3.8, 4) is 5.75 Å². The van der Waals surface area contributed by atoms with Crippen LogP contribution < -0.4 is 25.4 Å². The molecule has 1 saturated heterocycles. The van der Waals surface area contributed by atoms with Crippen LogP contribution in [0, 0.1) is 5.41 Å². The van der Waals surface area contributed by atoms with Crippen molar-refractivity contribution in [3.63, 3.8) is 0 Å². The summed E-state index contributed by atoms with van der Waals surface area (Å²) in [7, 11) is -2.25. The lowest BCUT2D eigenvalue weighted by atomic mass is 10.1. The first-order valence-electron chi connectivity index (χ1n) is 10.1. The standard InChI is InChI=1S/C20H24N6O5S/c1-3-23(2)32(28,29)24-11-12-25(26-14-19(21)31-22-26)17(13-24)20(27)30-18-10-6-8-15-7-4-5-9-16(15)18/h4-10,14,17,21H,3,11-13H2,1-2H3. The molecule has 3 aromatic rings. The summed E-state index contributed by atoms with van der Waals surface area (Å²) in [6, 6.07) is 11.9. The number of carbonyl (C=O) groups excluding carboxylic acids is 1. The van der Waals surface area contributed by atoms with Crippen molar-refractivity contribution in [2.75, 3.05) is 38.2 Å². The van der Waals surface area contributed by atoms with Gasteiger partial charge in [-0.1, -0.05) is 48.1 Å². The first kappa shape index (κ1) is 22.0. The molecule has 1 aromatic heterocycles. The van der Waals surface area contributed by atoms with Crippen molar-refractivity contribution >= 4 is 27.0 Å². The Kier molecular flexibility index (Phi) is 6.00. The molecule has 0 saturated carbocycles. The van der Waals surface area contributed by atoms with Gasteiger partial charge in [0.15, 0.2) is 0 Å². The number of piperazine rings is 1. The number of aromatic nitrogens is 2. The maximum Gasteiger partial charge on any atom is 0.320 e. The summed E-state index contributed by atoms with van der Waals surface area (Å²) in [4.78, 5) is 14.5. The fourth-order valence-electron chi connectivity index (χ4n) is 3.58. The molecule has 4 rings (SSSR count). The maximum atomic E-state index is 13.3. The van der Waals surface area contributed by atoms with Crippen LogP contribution in [-0.4, -0.2) is 62.3 Å². The van der Waals surface area contributed by atoms with Gasteiger partial charge in [-0.2, -0.15) is 17.0 Å². The Morgan fingerprint density at radius 2 is 2.03 bits per heavy atom. The number of hydrogen-bond donors (Lipinski definition) is 1. The quantitative estimate of drug-likeness (QED) is 0.301. The summed E-state index contributed by atoms with van der Waals surface area (Å²) in [6.07, 6.45) is 1.31. The Morgan fingerprint density at radius 3 is 2.75 bits per heavy atom. The van der Waals surface area contributed by atoms with E-state index in [4.69, 9.17) is 14.7 Å². The number of nitrogens with one attached hydrogen (secondary N) is 1. The molecule has 0 bridgehead atoms. The van der Waals surface area contributed by atoms with Crippen LogP contribution in [0.4, 0.5) is 0 Å². The minimum Gasteiger partial charge on any atom is -0.426 e. The third-order valence-electron chi connectivity index (χ3n) is 5.43. The Hall–Kier alpha value is -3.22. The van der Waals surface area contributed by atoms with Crippen molar-refractivity contribution in [1.29, 1.82) is 5.41 Å².